The average Bonchev–Trinajstić information content (AvgIpc) is 3.42. The molecule has 1 unspecified atom stereocenters. The maximum absolute atomic E-state index is 5.69. The third-order valence-corrected chi connectivity index (χ3v) is 6.29. The van der Waals surface area contributed by atoms with Crippen LogP contribution in [0.5, 0.6) is 0 Å². The molecule has 0 amide bonds. The minimum atomic E-state index is -0.414. The monoisotopic (exact) mass is 374 g/mol. The molecule has 0 spiro atoms. The normalized spacial score (nSPS) is 22.3. The summed E-state index contributed by atoms with van der Waals surface area (Å²) in [6, 6.07) is 0. The summed E-state index contributed by atoms with van der Waals surface area (Å²) in [4.78, 5) is 10.3. The molecule has 1 saturated carbocycles. The van der Waals surface area contributed by atoms with Gasteiger partial charge in [0.25, 0.3) is 0 Å². The van der Waals surface area contributed by atoms with Crippen molar-refractivity contribution in [3.05, 3.63) is 28.0 Å². The molecule has 2 aliphatic rings. The summed E-state index contributed by atoms with van der Waals surface area (Å²) < 4.78 is 7.56. The van der Waals surface area contributed by atoms with E-state index in [0.717, 1.165) is 32.1 Å². The Morgan fingerprint density at radius 3 is 2.88 bits per heavy atom. The molecule has 9 heteroatoms. The maximum Gasteiger partial charge on any atom is 0.185 e. The molecule has 3 aromatic heterocycles. The highest BCUT2D eigenvalue weighted by Gasteiger charge is 2.46. The second kappa shape index (κ2) is 5.58. The lowest BCUT2D eigenvalue weighted by molar-refractivity contribution is 0.291. The lowest BCUT2D eigenvalue weighted by Crippen LogP contribution is -2.29. The van der Waals surface area contributed by atoms with Crippen molar-refractivity contribution in [3.8, 4) is 10.6 Å². The van der Waals surface area contributed by atoms with Gasteiger partial charge >= 0.3 is 0 Å². The van der Waals surface area contributed by atoms with Gasteiger partial charge in [0.15, 0.2) is 10.9 Å². The first-order valence-electron chi connectivity index (χ1n) is 8.32. The summed E-state index contributed by atoms with van der Waals surface area (Å²) >= 11 is 3.27. The molecular formula is C16H18N6OS2. The minimum Gasteiger partial charge on any atom is -0.346 e. The van der Waals surface area contributed by atoms with Gasteiger partial charge in [-0.3, -0.25) is 0 Å². The Morgan fingerprint density at radius 1 is 1.36 bits per heavy atom. The number of nitrogens with zero attached hydrogens (tertiary/aromatic N) is 5. The molecule has 1 saturated heterocycles. The number of ether oxygens (including phenoxy) is 1. The average molecular weight is 374 g/mol. The summed E-state index contributed by atoms with van der Waals surface area (Å²) in [6.45, 7) is 5.34. The van der Waals surface area contributed by atoms with Gasteiger partial charge in [0, 0.05) is 17.5 Å². The molecule has 1 aliphatic heterocycles. The highest BCUT2D eigenvalue weighted by molar-refractivity contribution is 7.16. The Morgan fingerprint density at radius 2 is 2.20 bits per heavy atom. The maximum atomic E-state index is 5.69. The van der Waals surface area contributed by atoms with E-state index in [2.05, 4.69) is 26.0 Å². The number of hydrogen-bond acceptors (Lipinski definition) is 8. The zero-order valence-corrected chi connectivity index (χ0v) is 15.7. The smallest absolute Gasteiger partial charge is 0.185 e. The standard InChI is InChI=1S/C16H18N6OS2/c1-9-14(25-10(2)17-9)13-6-24-15(18-13)19-16(8-23-16)7-22-5-12(20-21-22)11-3-4-11/h5-6,11H,3-4,7-8H2,1-2H3,(H,18,19). The number of rotatable bonds is 6. The van der Waals surface area contributed by atoms with Gasteiger partial charge < -0.3 is 10.1 Å². The fourth-order valence-corrected chi connectivity index (χ4v) is 4.65. The van der Waals surface area contributed by atoms with Crippen LogP contribution in [-0.2, 0) is 11.3 Å². The Balaban J connectivity index is 1.30. The molecule has 0 bridgehead atoms. The van der Waals surface area contributed by atoms with Crippen LogP contribution >= 0.6 is 22.7 Å². The van der Waals surface area contributed by atoms with E-state index in [1.807, 2.05) is 24.7 Å². The number of aromatic nitrogens is 5. The van der Waals surface area contributed by atoms with Gasteiger partial charge in [-0.2, -0.15) is 0 Å². The molecule has 7 nitrogen and oxygen atoms in total. The van der Waals surface area contributed by atoms with Crippen molar-refractivity contribution in [1.29, 1.82) is 0 Å². The van der Waals surface area contributed by atoms with Crippen LogP contribution in [0, 0.1) is 13.8 Å². The van der Waals surface area contributed by atoms with Crippen LogP contribution in [0.25, 0.3) is 10.6 Å². The van der Waals surface area contributed by atoms with Crippen LogP contribution in [0.4, 0.5) is 5.13 Å². The Hall–Kier alpha value is -1.84. The van der Waals surface area contributed by atoms with Crippen LogP contribution in [0.3, 0.4) is 0 Å². The predicted molar refractivity (Wildman–Crippen MR) is 97.0 cm³/mol. The summed E-state index contributed by atoms with van der Waals surface area (Å²) in [6.07, 6.45) is 4.51. The fraction of sp³-hybridized carbons (Fsp3) is 0.500. The molecule has 130 valence electrons. The number of aryl methyl sites for hydroxylation is 2. The Bertz CT molecular complexity index is 921. The third-order valence-electron chi connectivity index (χ3n) is 4.44. The van der Waals surface area contributed by atoms with E-state index in [4.69, 9.17) is 9.72 Å². The lowest BCUT2D eigenvalue weighted by Gasteiger charge is -2.12. The largest absolute Gasteiger partial charge is 0.346 e. The highest BCUT2D eigenvalue weighted by Crippen LogP contribution is 2.39. The topological polar surface area (TPSA) is 81.0 Å². The first-order chi connectivity index (χ1) is 12.1. The van der Waals surface area contributed by atoms with Gasteiger partial charge in [-0.25, -0.2) is 14.6 Å². The summed E-state index contributed by atoms with van der Waals surface area (Å²) in [5.41, 5.74) is 2.70. The molecule has 1 aliphatic carbocycles. The van der Waals surface area contributed by atoms with Gasteiger partial charge in [0.05, 0.1) is 40.1 Å². The van der Waals surface area contributed by atoms with Crippen molar-refractivity contribution in [2.24, 2.45) is 0 Å². The molecule has 1 N–H and O–H groups in total. The van der Waals surface area contributed by atoms with Gasteiger partial charge in [0.1, 0.15) is 0 Å². The number of nitrogens with one attached hydrogen (secondary N) is 1. The van der Waals surface area contributed by atoms with Crippen molar-refractivity contribution < 1.29 is 4.74 Å². The first kappa shape index (κ1) is 15.4. The predicted octanol–water partition coefficient (Wildman–Crippen LogP) is 3.19. The number of epoxide rings is 1. The molecule has 4 heterocycles. The van der Waals surface area contributed by atoms with Gasteiger partial charge in [-0.1, -0.05) is 5.21 Å². The summed E-state index contributed by atoms with van der Waals surface area (Å²) in [5, 5.41) is 15.9. The van der Waals surface area contributed by atoms with Gasteiger partial charge in [0.2, 0.25) is 0 Å². The second-order valence-corrected chi connectivity index (χ2v) is 8.77. The molecule has 2 fully saturated rings. The number of anilines is 1. The number of thiazole rings is 2. The van der Waals surface area contributed by atoms with E-state index in [0.29, 0.717) is 19.1 Å². The molecule has 0 aromatic carbocycles. The van der Waals surface area contributed by atoms with Gasteiger partial charge in [-0.05, 0) is 26.7 Å². The van der Waals surface area contributed by atoms with Crippen molar-refractivity contribution in [2.45, 2.75) is 44.9 Å². The Kier molecular flexibility index (Phi) is 3.44. The van der Waals surface area contributed by atoms with Crippen LogP contribution < -0.4 is 5.32 Å². The van der Waals surface area contributed by atoms with E-state index in [1.165, 1.54) is 12.8 Å². The zero-order valence-electron chi connectivity index (χ0n) is 14.0. The van der Waals surface area contributed by atoms with Crippen molar-refractivity contribution in [2.75, 3.05) is 11.9 Å². The minimum absolute atomic E-state index is 0.414. The highest BCUT2D eigenvalue weighted by atomic mass is 32.1. The fourth-order valence-electron chi connectivity index (χ4n) is 2.91. The van der Waals surface area contributed by atoms with Crippen LogP contribution in [0.1, 0.15) is 35.2 Å². The van der Waals surface area contributed by atoms with E-state index in [1.54, 1.807) is 22.7 Å². The summed E-state index contributed by atoms with van der Waals surface area (Å²) in [5.74, 6) is 0.616. The Labute approximate surface area is 153 Å². The van der Waals surface area contributed by atoms with Crippen LogP contribution in [0.2, 0.25) is 0 Å². The van der Waals surface area contributed by atoms with E-state index >= 15 is 0 Å². The SMILES string of the molecule is Cc1nc(C)c(-c2csc(NC3(Cn4cc(C5CC5)nn4)CO3)n2)s1. The first-order valence-corrected chi connectivity index (χ1v) is 10.0. The van der Waals surface area contributed by atoms with E-state index in [9.17, 15) is 0 Å². The zero-order chi connectivity index (χ0) is 17.0. The third kappa shape index (κ3) is 3.07. The van der Waals surface area contributed by atoms with Gasteiger partial charge in [-0.15, -0.1) is 27.8 Å². The molecule has 1 atom stereocenters. The van der Waals surface area contributed by atoms with E-state index < -0.39 is 5.72 Å². The van der Waals surface area contributed by atoms with Crippen molar-refractivity contribution in [3.63, 3.8) is 0 Å². The molecular weight excluding hydrogens is 356 g/mol. The van der Waals surface area contributed by atoms with Crippen molar-refractivity contribution in [1.82, 2.24) is 25.0 Å². The molecule has 0 radical (unpaired) electrons. The molecule has 25 heavy (non-hydrogen) atoms. The van der Waals surface area contributed by atoms with Crippen LogP contribution in [0.15, 0.2) is 11.6 Å². The molecule has 5 rings (SSSR count). The summed E-state index contributed by atoms with van der Waals surface area (Å²) in [7, 11) is 0. The number of hydrogen-bond donors (Lipinski definition) is 1. The lowest BCUT2D eigenvalue weighted by atomic mass is 10.3. The molecule has 3 aromatic rings. The quantitative estimate of drug-likeness (QED) is 0.668. The second-order valence-electron chi connectivity index (χ2n) is 6.71. The van der Waals surface area contributed by atoms with E-state index in [-0.39, 0.29) is 0 Å². The van der Waals surface area contributed by atoms with Crippen molar-refractivity contribution >= 4 is 27.8 Å². The van der Waals surface area contributed by atoms with Crippen LogP contribution in [-0.4, -0.2) is 37.3 Å².